The molecule has 1 aliphatic heterocycles. The van der Waals surface area contributed by atoms with Gasteiger partial charge >= 0.3 is 0 Å². The quantitative estimate of drug-likeness (QED) is 0.169. The molecule has 0 bridgehead atoms. The van der Waals surface area contributed by atoms with Crippen molar-refractivity contribution in [1.29, 1.82) is 0 Å². The molecule has 6 heteroatoms. The number of anilines is 3. The molecule has 3 heterocycles. The summed E-state index contributed by atoms with van der Waals surface area (Å²) in [5, 5.41) is 2.37. The number of hydrogen-bond acceptors (Lipinski definition) is 4. The number of para-hydroxylation sites is 3. The Balaban J connectivity index is 0.00000302. The molecule has 208 valence electrons. The molecular weight excluding hydrogens is 704 g/mol. The predicted octanol–water partition coefficient (Wildman–Crippen LogP) is 8.93. The Morgan fingerprint density at radius 2 is 1.54 bits per heavy atom. The van der Waals surface area contributed by atoms with Crippen LogP contribution in [0.25, 0.3) is 27.6 Å². The summed E-state index contributed by atoms with van der Waals surface area (Å²) < 4.78 is 2.21. The third-order valence-corrected chi connectivity index (χ3v) is 8.32. The van der Waals surface area contributed by atoms with Crippen LogP contribution in [0.5, 0.6) is 0 Å². The van der Waals surface area contributed by atoms with Crippen LogP contribution in [0.15, 0.2) is 107 Å². The second-order valence-corrected chi connectivity index (χ2v) is 12.3. The molecule has 6 aromatic rings. The molecule has 0 unspecified atom stereocenters. The Kier molecular flexibility index (Phi) is 7.21. The summed E-state index contributed by atoms with van der Waals surface area (Å²) in [7, 11) is 2.09. The second kappa shape index (κ2) is 10.7. The fourth-order valence-electron chi connectivity index (χ4n) is 5.38. The van der Waals surface area contributed by atoms with E-state index < -0.39 is 0 Å². The zero-order valence-electron chi connectivity index (χ0n) is 23.3. The maximum Gasteiger partial charge on any atom is 0.135 e. The van der Waals surface area contributed by atoms with E-state index in [1.165, 1.54) is 22.0 Å². The molecule has 0 radical (unpaired) electrons. The van der Waals surface area contributed by atoms with Crippen LogP contribution in [0.2, 0.25) is 0 Å². The summed E-state index contributed by atoms with van der Waals surface area (Å²) in [4.78, 5) is 11.2. The van der Waals surface area contributed by atoms with Gasteiger partial charge in [0.1, 0.15) is 5.82 Å². The molecule has 7 rings (SSSR count). The molecule has 2 aromatic heterocycles. The molecule has 0 amide bonds. The summed E-state index contributed by atoms with van der Waals surface area (Å²) in [5.74, 6) is 0.892. The third kappa shape index (κ3) is 4.96. The van der Waals surface area contributed by atoms with Gasteiger partial charge < -0.3 is 14.4 Å². The maximum atomic E-state index is 4.67. The van der Waals surface area contributed by atoms with Crippen molar-refractivity contribution in [3.8, 4) is 5.82 Å². The van der Waals surface area contributed by atoms with E-state index >= 15 is 0 Å². The molecule has 4 nitrogen and oxygen atoms in total. The fourth-order valence-corrected chi connectivity index (χ4v) is 6.24. The molecule has 4 aromatic carbocycles. The van der Waals surface area contributed by atoms with E-state index in [0.29, 0.717) is 0 Å². The zero-order chi connectivity index (χ0) is 27.4. The van der Waals surface area contributed by atoms with Crippen LogP contribution in [-0.2, 0) is 26.5 Å². The van der Waals surface area contributed by atoms with Crippen molar-refractivity contribution < 1.29 is 21.1 Å². The van der Waals surface area contributed by atoms with Gasteiger partial charge in [-0.15, -0.1) is 56.4 Å². The number of rotatable bonds is 4. The van der Waals surface area contributed by atoms with Crippen LogP contribution in [0, 0.1) is 18.8 Å². The number of aromatic nitrogens is 2. The first-order chi connectivity index (χ1) is 19.4. The Hall–Kier alpha value is -3.53. The van der Waals surface area contributed by atoms with Crippen molar-refractivity contribution in [2.75, 3.05) is 16.8 Å². The van der Waals surface area contributed by atoms with E-state index in [4.69, 9.17) is 0 Å². The molecular formula is C35H29N4PtS-3. The topological polar surface area (TPSA) is 24.3 Å². The van der Waals surface area contributed by atoms with Crippen LogP contribution >= 0.6 is 11.8 Å². The SMILES string of the molecule is CN1[CH-]N(c2[c-]c(Sc3[c-]c4c(cc3)c3ccccc3n4-c3ccccn3)cc(C(C)(C)C)c2)c2ccccc21.[Pt]. The van der Waals surface area contributed by atoms with Crippen molar-refractivity contribution in [3.05, 3.63) is 122 Å². The summed E-state index contributed by atoms with van der Waals surface area (Å²) >= 11 is 1.70. The maximum absolute atomic E-state index is 4.67. The molecule has 0 atom stereocenters. The number of hydrogen-bond donors (Lipinski definition) is 0. The average molecular weight is 733 g/mol. The van der Waals surface area contributed by atoms with Gasteiger partial charge in [0.05, 0.1) is 0 Å². The molecule has 0 fully saturated rings. The summed E-state index contributed by atoms with van der Waals surface area (Å²) in [6.45, 7) is 8.92. The molecule has 0 aliphatic carbocycles. The monoisotopic (exact) mass is 732 g/mol. The van der Waals surface area contributed by atoms with Crippen LogP contribution in [0.4, 0.5) is 17.1 Å². The zero-order valence-corrected chi connectivity index (χ0v) is 26.4. The predicted molar refractivity (Wildman–Crippen MR) is 167 cm³/mol. The van der Waals surface area contributed by atoms with Crippen LogP contribution in [-0.4, -0.2) is 16.6 Å². The second-order valence-electron chi connectivity index (χ2n) is 11.2. The molecule has 0 saturated carbocycles. The normalized spacial score (nSPS) is 13.1. The molecule has 0 saturated heterocycles. The summed E-state index contributed by atoms with van der Waals surface area (Å²) in [5.41, 5.74) is 6.81. The molecule has 0 N–H and O–H groups in total. The molecule has 0 spiro atoms. The first kappa shape index (κ1) is 27.6. The Morgan fingerprint density at radius 1 is 0.780 bits per heavy atom. The first-order valence-electron chi connectivity index (χ1n) is 13.5. The van der Waals surface area contributed by atoms with E-state index in [9.17, 15) is 0 Å². The van der Waals surface area contributed by atoms with E-state index in [2.05, 4.69) is 139 Å². The van der Waals surface area contributed by atoms with Gasteiger partial charge in [-0.3, -0.25) is 0 Å². The minimum atomic E-state index is -0.0105. The van der Waals surface area contributed by atoms with Crippen molar-refractivity contribution in [3.63, 3.8) is 0 Å². The largest absolute Gasteiger partial charge is 0.504 e. The summed E-state index contributed by atoms with van der Waals surface area (Å²) in [6, 6.07) is 39.4. The van der Waals surface area contributed by atoms with Gasteiger partial charge in [-0.25, -0.2) is 4.98 Å². The number of nitrogens with zero attached hydrogens (tertiary/aromatic N) is 4. The summed E-state index contributed by atoms with van der Waals surface area (Å²) in [6.07, 6.45) is 1.84. The van der Waals surface area contributed by atoms with Gasteiger partial charge in [0.15, 0.2) is 0 Å². The Morgan fingerprint density at radius 3 is 2.32 bits per heavy atom. The molecule has 41 heavy (non-hydrogen) atoms. The minimum absolute atomic E-state index is 0. The van der Waals surface area contributed by atoms with Gasteiger partial charge in [0, 0.05) is 44.2 Å². The van der Waals surface area contributed by atoms with Gasteiger partial charge in [-0.1, -0.05) is 62.7 Å². The third-order valence-electron chi connectivity index (χ3n) is 7.42. The molecule has 1 aliphatic rings. The first-order valence-corrected chi connectivity index (χ1v) is 14.3. The van der Waals surface area contributed by atoms with Crippen LogP contribution < -0.4 is 9.80 Å². The van der Waals surface area contributed by atoms with E-state index in [0.717, 1.165) is 38.0 Å². The van der Waals surface area contributed by atoms with Crippen molar-refractivity contribution in [2.24, 2.45) is 0 Å². The Bertz CT molecular complexity index is 1870. The average Bonchev–Trinajstić information content (AvgIpc) is 3.47. The van der Waals surface area contributed by atoms with E-state index in [-0.39, 0.29) is 26.5 Å². The van der Waals surface area contributed by atoms with Gasteiger partial charge in [-0.2, -0.15) is 24.9 Å². The minimum Gasteiger partial charge on any atom is -0.504 e. The van der Waals surface area contributed by atoms with Gasteiger partial charge in [0.2, 0.25) is 0 Å². The van der Waals surface area contributed by atoms with E-state index in [1.54, 1.807) is 11.8 Å². The van der Waals surface area contributed by atoms with E-state index in [1.807, 2.05) is 24.4 Å². The van der Waals surface area contributed by atoms with Crippen molar-refractivity contribution in [2.45, 2.75) is 36.0 Å². The van der Waals surface area contributed by atoms with Crippen molar-refractivity contribution in [1.82, 2.24) is 9.55 Å². The number of fused-ring (bicyclic) bond motifs is 4. The van der Waals surface area contributed by atoms with Gasteiger partial charge in [0.25, 0.3) is 0 Å². The number of benzene rings is 4. The van der Waals surface area contributed by atoms with Crippen LogP contribution in [0.1, 0.15) is 26.3 Å². The Labute approximate surface area is 260 Å². The smallest absolute Gasteiger partial charge is 0.135 e. The van der Waals surface area contributed by atoms with Crippen molar-refractivity contribution >= 4 is 50.6 Å². The number of pyridine rings is 1. The fraction of sp³-hybridized carbons (Fsp3) is 0.143. The van der Waals surface area contributed by atoms with Gasteiger partial charge in [-0.05, 0) is 48.2 Å². The standard InChI is InChI=1S/C35H29N4S.Pt/c1-35(2,3)24-19-25(38-23-37(4)31-13-7-8-14-32(31)38)21-27(20-24)40-26-16-17-29-28-11-5-6-12-30(28)39(33(29)22-26)34-15-9-10-18-36-34;/h5-20,23H,1-4H3;/q-3;. The van der Waals surface area contributed by atoms with Crippen LogP contribution in [0.3, 0.4) is 0 Å².